The number of thiazole rings is 1. The van der Waals surface area contributed by atoms with E-state index in [0.717, 1.165) is 28.6 Å². The third kappa shape index (κ3) is 2.96. The van der Waals surface area contributed by atoms with Crippen molar-refractivity contribution in [3.63, 3.8) is 0 Å². The van der Waals surface area contributed by atoms with E-state index in [0.29, 0.717) is 11.7 Å². The Morgan fingerprint density at radius 2 is 2.19 bits per heavy atom. The predicted octanol–water partition coefficient (Wildman–Crippen LogP) is 4.70. The Labute approximate surface area is 135 Å². The lowest BCUT2D eigenvalue weighted by Crippen LogP contribution is -2.33. The number of anilines is 1. The van der Waals surface area contributed by atoms with E-state index in [1.165, 1.54) is 11.3 Å². The predicted molar refractivity (Wildman–Crippen MR) is 87.8 cm³/mol. The van der Waals surface area contributed by atoms with Gasteiger partial charge in [0.25, 0.3) is 0 Å². The molecule has 21 heavy (non-hydrogen) atoms. The van der Waals surface area contributed by atoms with E-state index >= 15 is 0 Å². The highest BCUT2D eigenvalue weighted by molar-refractivity contribution is 9.10. The molecule has 0 spiro atoms. The molecule has 0 aliphatic carbocycles. The van der Waals surface area contributed by atoms with Crippen LogP contribution in [-0.4, -0.2) is 23.7 Å². The summed E-state index contributed by atoms with van der Waals surface area (Å²) >= 11 is 4.90. The normalized spacial score (nSPS) is 18.1. The summed E-state index contributed by atoms with van der Waals surface area (Å²) in [7, 11) is 0. The van der Waals surface area contributed by atoms with Crippen LogP contribution in [0.25, 0.3) is 11.3 Å². The van der Waals surface area contributed by atoms with E-state index in [2.05, 4.69) is 27.8 Å². The molecule has 110 valence electrons. The lowest BCUT2D eigenvalue weighted by atomic mass is 10.2. The van der Waals surface area contributed by atoms with Crippen LogP contribution in [0.2, 0.25) is 0 Å². The Morgan fingerprint density at radius 3 is 2.90 bits per heavy atom. The number of amides is 1. The second-order valence-electron chi connectivity index (χ2n) is 4.91. The molecule has 1 aliphatic heterocycles. The Kier molecular flexibility index (Phi) is 4.26. The number of carbonyl (C=O) groups excluding carboxylic acids is 1. The van der Waals surface area contributed by atoms with Crippen molar-refractivity contribution in [2.75, 3.05) is 11.5 Å². The first kappa shape index (κ1) is 14.5. The van der Waals surface area contributed by atoms with Crippen LogP contribution in [0.4, 0.5) is 9.93 Å². The number of aromatic nitrogens is 1. The van der Waals surface area contributed by atoms with Gasteiger partial charge in [-0.05, 0) is 18.6 Å². The van der Waals surface area contributed by atoms with Crippen molar-refractivity contribution >= 4 is 38.5 Å². The molecule has 6 heteroatoms. The van der Waals surface area contributed by atoms with Crippen molar-refractivity contribution in [2.45, 2.75) is 25.8 Å². The standard InChI is InChI=1S/C15H15BrN2O2S/c1-2-3-12-8-20-15(19)18(12)14-17-13(9-21-14)10-4-6-11(16)7-5-10/h4-7,9,12H,2-3,8H2,1H3/t12-/m1/s1. The molecule has 3 rings (SSSR count). The highest BCUT2D eigenvalue weighted by Crippen LogP contribution is 2.32. The van der Waals surface area contributed by atoms with Crippen LogP contribution in [-0.2, 0) is 4.74 Å². The quantitative estimate of drug-likeness (QED) is 0.787. The van der Waals surface area contributed by atoms with Gasteiger partial charge in [0.2, 0.25) is 0 Å². The monoisotopic (exact) mass is 366 g/mol. The molecule has 0 bridgehead atoms. The average molecular weight is 367 g/mol. The third-order valence-corrected chi connectivity index (χ3v) is 4.79. The number of ether oxygens (including phenoxy) is 1. The maximum absolute atomic E-state index is 11.9. The van der Waals surface area contributed by atoms with Gasteiger partial charge in [-0.3, -0.25) is 0 Å². The Balaban J connectivity index is 1.87. The first-order chi connectivity index (χ1) is 10.2. The summed E-state index contributed by atoms with van der Waals surface area (Å²) in [6, 6.07) is 8.09. The summed E-state index contributed by atoms with van der Waals surface area (Å²) in [6.45, 7) is 2.57. The number of halogens is 1. The molecule has 0 unspecified atom stereocenters. The number of carbonyl (C=O) groups is 1. The zero-order valence-corrected chi connectivity index (χ0v) is 14.0. The first-order valence-corrected chi connectivity index (χ1v) is 8.53. The number of hydrogen-bond donors (Lipinski definition) is 0. The van der Waals surface area contributed by atoms with E-state index in [1.807, 2.05) is 29.6 Å². The third-order valence-electron chi connectivity index (χ3n) is 3.42. The smallest absolute Gasteiger partial charge is 0.416 e. The molecule has 1 aliphatic rings. The minimum atomic E-state index is -0.287. The Bertz CT molecular complexity index is 641. The molecule has 0 saturated carbocycles. The fraction of sp³-hybridized carbons (Fsp3) is 0.333. The van der Waals surface area contributed by atoms with E-state index < -0.39 is 0 Å². The first-order valence-electron chi connectivity index (χ1n) is 6.86. The van der Waals surface area contributed by atoms with Gasteiger partial charge in [-0.25, -0.2) is 14.7 Å². The average Bonchev–Trinajstić information content (AvgIpc) is 3.07. The zero-order chi connectivity index (χ0) is 14.8. The fourth-order valence-corrected chi connectivity index (χ4v) is 3.53. The van der Waals surface area contributed by atoms with Gasteiger partial charge in [-0.2, -0.15) is 0 Å². The molecule has 1 aromatic heterocycles. The molecule has 1 amide bonds. The van der Waals surface area contributed by atoms with Crippen molar-refractivity contribution < 1.29 is 9.53 Å². The molecular formula is C15H15BrN2O2S. The van der Waals surface area contributed by atoms with Gasteiger partial charge < -0.3 is 4.74 Å². The van der Waals surface area contributed by atoms with E-state index in [1.54, 1.807) is 4.90 Å². The molecule has 2 heterocycles. The largest absolute Gasteiger partial charge is 0.447 e. The maximum atomic E-state index is 11.9. The molecule has 1 saturated heterocycles. The van der Waals surface area contributed by atoms with Gasteiger partial charge in [0.1, 0.15) is 6.61 Å². The molecule has 2 aromatic rings. The number of hydrogen-bond acceptors (Lipinski definition) is 4. The lowest BCUT2D eigenvalue weighted by molar-refractivity contribution is 0.178. The number of cyclic esters (lactones) is 1. The Hall–Kier alpha value is -1.40. The zero-order valence-electron chi connectivity index (χ0n) is 11.6. The van der Waals surface area contributed by atoms with Crippen LogP contribution in [0.1, 0.15) is 19.8 Å². The van der Waals surface area contributed by atoms with Crippen molar-refractivity contribution in [1.82, 2.24) is 4.98 Å². The summed E-state index contributed by atoms with van der Waals surface area (Å²) in [4.78, 5) is 18.2. The summed E-state index contributed by atoms with van der Waals surface area (Å²) in [5, 5.41) is 2.70. The summed E-state index contributed by atoms with van der Waals surface area (Å²) < 4.78 is 6.20. The van der Waals surface area contributed by atoms with Crippen molar-refractivity contribution in [1.29, 1.82) is 0 Å². The van der Waals surface area contributed by atoms with Gasteiger partial charge in [-0.15, -0.1) is 11.3 Å². The van der Waals surface area contributed by atoms with Crippen LogP contribution < -0.4 is 4.90 Å². The molecule has 1 aromatic carbocycles. The van der Waals surface area contributed by atoms with Gasteiger partial charge in [-0.1, -0.05) is 41.4 Å². The van der Waals surface area contributed by atoms with Crippen molar-refractivity contribution in [3.8, 4) is 11.3 Å². The lowest BCUT2D eigenvalue weighted by Gasteiger charge is -2.17. The van der Waals surface area contributed by atoms with E-state index in [-0.39, 0.29) is 12.1 Å². The SMILES string of the molecule is CCC[C@@H]1COC(=O)N1c1nc(-c2ccc(Br)cc2)cs1. The highest BCUT2D eigenvalue weighted by Gasteiger charge is 2.35. The number of rotatable bonds is 4. The van der Waals surface area contributed by atoms with Gasteiger partial charge in [0, 0.05) is 15.4 Å². The summed E-state index contributed by atoms with van der Waals surface area (Å²) in [5.74, 6) is 0. The minimum absolute atomic E-state index is 0.103. The fourth-order valence-electron chi connectivity index (χ4n) is 2.37. The van der Waals surface area contributed by atoms with Gasteiger partial charge >= 0.3 is 6.09 Å². The highest BCUT2D eigenvalue weighted by atomic mass is 79.9. The van der Waals surface area contributed by atoms with Crippen molar-refractivity contribution in [3.05, 3.63) is 34.1 Å². The summed E-state index contributed by atoms with van der Waals surface area (Å²) in [5.41, 5.74) is 1.93. The summed E-state index contributed by atoms with van der Waals surface area (Å²) in [6.07, 6.45) is 1.66. The topological polar surface area (TPSA) is 42.4 Å². The maximum Gasteiger partial charge on any atom is 0.416 e. The van der Waals surface area contributed by atoms with Crippen LogP contribution in [0.5, 0.6) is 0 Å². The van der Waals surface area contributed by atoms with E-state index in [9.17, 15) is 4.79 Å². The van der Waals surface area contributed by atoms with Crippen LogP contribution in [0.15, 0.2) is 34.1 Å². The number of nitrogens with zero attached hydrogens (tertiary/aromatic N) is 2. The number of benzene rings is 1. The van der Waals surface area contributed by atoms with Crippen LogP contribution in [0.3, 0.4) is 0 Å². The molecule has 0 radical (unpaired) electrons. The Morgan fingerprint density at radius 1 is 1.43 bits per heavy atom. The minimum Gasteiger partial charge on any atom is -0.447 e. The van der Waals surface area contributed by atoms with Crippen LogP contribution >= 0.6 is 27.3 Å². The molecule has 1 fully saturated rings. The molecule has 1 atom stereocenters. The second kappa shape index (κ2) is 6.15. The molecule has 0 N–H and O–H groups in total. The molecule has 4 nitrogen and oxygen atoms in total. The van der Waals surface area contributed by atoms with Crippen molar-refractivity contribution in [2.24, 2.45) is 0 Å². The van der Waals surface area contributed by atoms with Gasteiger partial charge in [0.15, 0.2) is 5.13 Å². The van der Waals surface area contributed by atoms with E-state index in [4.69, 9.17) is 4.74 Å². The second-order valence-corrected chi connectivity index (χ2v) is 6.66. The molecular weight excluding hydrogens is 352 g/mol. The van der Waals surface area contributed by atoms with Gasteiger partial charge in [0.05, 0.1) is 11.7 Å². The van der Waals surface area contributed by atoms with Crippen LogP contribution in [0, 0.1) is 0 Å².